The molecule has 1 aliphatic heterocycles. The SMILES string of the molecule is CCOC(=O)/C=C/C(=O)CC(=O)CC(=O)SCCNC(=O)CCNC(=O)[C@@H]1OP(=O)(Oc2ccccc2)OCC1(C)C. The van der Waals surface area contributed by atoms with Gasteiger partial charge in [0.05, 0.1) is 26.1 Å². The van der Waals surface area contributed by atoms with Crippen molar-refractivity contribution in [3.63, 3.8) is 0 Å². The van der Waals surface area contributed by atoms with Gasteiger partial charge in [0.15, 0.2) is 17.0 Å². The third-order valence-corrected chi connectivity index (χ3v) is 7.70. The van der Waals surface area contributed by atoms with Gasteiger partial charge in [-0.05, 0) is 25.1 Å². The van der Waals surface area contributed by atoms with Crippen molar-refractivity contribution in [1.29, 1.82) is 0 Å². The maximum atomic E-state index is 13.0. The van der Waals surface area contributed by atoms with Crippen molar-refractivity contribution in [2.45, 2.75) is 46.1 Å². The number of benzene rings is 1. The zero-order valence-corrected chi connectivity index (χ0v) is 25.3. The Labute approximate surface area is 248 Å². The van der Waals surface area contributed by atoms with Crippen LogP contribution in [0.3, 0.4) is 0 Å². The van der Waals surface area contributed by atoms with E-state index in [1.54, 1.807) is 51.1 Å². The average molecular weight is 627 g/mol. The largest absolute Gasteiger partial charge is 0.530 e. The Hall–Kier alpha value is -3.32. The van der Waals surface area contributed by atoms with Crippen LogP contribution in [0.1, 0.15) is 40.0 Å². The summed E-state index contributed by atoms with van der Waals surface area (Å²) >= 11 is 0.832. The first-order valence-electron chi connectivity index (χ1n) is 13.1. The predicted molar refractivity (Wildman–Crippen MR) is 152 cm³/mol. The third kappa shape index (κ3) is 12.7. The van der Waals surface area contributed by atoms with Crippen molar-refractivity contribution in [2.24, 2.45) is 5.41 Å². The molecule has 2 atom stereocenters. The number of Topliss-reactive ketones (excluding diaryl/α,β-unsaturated/α-hetero) is 1. The molecule has 2 amide bonds. The second-order valence-corrected chi connectivity index (χ2v) is 12.4. The Morgan fingerprint density at radius 2 is 1.76 bits per heavy atom. The van der Waals surface area contributed by atoms with Crippen LogP contribution in [0.15, 0.2) is 42.5 Å². The first-order valence-corrected chi connectivity index (χ1v) is 15.5. The van der Waals surface area contributed by atoms with Crippen LogP contribution < -0.4 is 15.2 Å². The number of carbonyl (C=O) groups excluding carboxylic acids is 6. The van der Waals surface area contributed by atoms with Crippen LogP contribution in [-0.2, 0) is 47.1 Å². The number of esters is 1. The maximum absolute atomic E-state index is 13.0. The fraction of sp³-hybridized carbons (Fsp3) is 0.481. The number of para-hydroxylation sites is 1. The number of carbonyl (C=O) groups is 6. The second kappa shape index (κ2) is 17.0. The minimum absolute atomic E-state index is 0.0233. The Balaban J connectivity index is 1.66. The summed E-state index contributed by atoms with van der Waals surface area (Å²) < 4.78 is 33.8. The molecule has 13 nitrogen and oxygen atoms in total. The topological polar surface area (TPSA) is 180 Å². The lowest BCUT2D eigenvalue weighted by Crippen LogP contribution is -2.50. The van der Waals surface area contributed by atoms with E-state index in [9.17, 15) is 33.3 Å². The summed E-state index contributed by atoms with van der Waals surface area (Å²) in [5.74, 6) is -2.41. The molecule has 0 spiro atoms. The number of nitrogens with one attached hydrogen (secondary N) is 2. The van der Waals surface area contributed by atoms with E-state index in [1.165, 1.54) is 0 Å². The Bertz CT molecular complexity index is 1220. The lowest BCUT2D eigenvalue weighted by Gasteiger charge is -2.39. The van der Waals surface area contributed by atoms with Gasteiger partial charge in [0.2, 0.25) is 5.91 Å². The van der Waals surface area contributed by atoms with Gasteiger partial charge in [-0.2, -0.15) is 0 Å². The Morgan fingerprint density at radius 1 is 1.05 bits per heavy atom. The fourth-order valence-electron chi connectivity index (χ4n) is 3.40. The van der Waals surface area contributed by atoms with Crippen LogP contribution in [-0.4, -0.2) is 72.6 Å². The predicted octanol–water partition coefficient (Wildman–Crippen LogP) is 2.54. The lowest BCUT2D eigenvalue weighted by molar-refractivity contribution is -0.140. The molecule has 42 heavy (non-hydrogen) atoms. The van der Waals surface area contributed by atoms with Crippen molar-refractivity contribution in [1.82, 2.24) is 10.6 Å². The molecule has 1 fully saturated rings. The zero-order valence-electron chi connectivity index (χ0n) is 23.6. The number of thioether (sulfide) groups is 1. The van der Waals surface area contributed by atoms with Gasteiger partial charge in [0.25, 0.3) is 5.91 Å². The molecule has 230 valence electrons. The monoisotopic (exact) mass is 626 g/mol. The highest BCUT2D eigenvalue weighted by atomic mass is 32.2. The summed E-state index contributed by atoms with van der Waals surface area (Å²) in [7, 11) is -4.06. The molecule has 1 unspecified atom stereocenters. The number of ether oxygens (including phenoxy) is 1. The molecule has 1 heterocycles. The summed E-state index contributed by atoms with van der Waals surface area (Å²) in [5, 5.41) is 4.73. The number of phosphoric ester groups is 1. The van der Waals surface area contributed by atoms with E-state index in [1.807, 2.05) is 0 Å². The van der Waals surface area contributed by atoms with Crippen molar-refractivity contribution < 1.29 is 51.6 Å². The minimum atomic E-state index is -4.06. The quantitative estimate of drug-likeness (QED) is 0.0901. The van der Waals surface area contributed by atoms with Crippen LogP contribution in [0, 0.1) is 5.41 Å². The molecule has 2 N–H and O–H groups in total. The van der Waals surface area contributed by atoms with E-state index in [0.717, 1.165) is 23.9 Å². The minimum Gasteiger partial charge on any atom is -0.463 e. The summed E-state index contributed by atoms with van der Waals surface area (Å²) in [6.45, 7) is 5.25. The third-order valence-electron chi connectivity index (χ3n) is 5.48. The molecule has 1 aromatic carbocycles. The van der Waals surface area contributed by atoms with E-state index < -0.39 is 60.7 Å². The normalized spacial score (nSPS) is 19.5. The lowest BCUT2D eigenvalue weighted by atomic mass is 9.87. The first-order chi connectivity index (χ1) is 19.8. The number of allylic oxidation sites excluding steroid dienone is 1. The van der Waals surface area contributed by atoms with Gasteiger partial charge in [0, 0.05) is 36.8 Å². The van der Waals surface area contributed by atoms with Crippen molar-refractivity contribution >= 4 is 54.1 Å². The van der Waals surface area contributed by atoms with Crippen LogP contribution in [0.4, 0.5) is 0 Å². The molecule has 1 aromatic rings. The van der Waals surface area contributed by atoms with E-state index in [2.05, 4.69) is 15.4 Å². The van der Waals surface area contributed by atoms with Crippen LogP contribution in [0.2, 0.25) is 0 Å². The van der Waals surface area contributed by atoms with E-state index in [0.29, 0.717) is 0 Å². The second-order valence-electron chi connectivity index (χ2n) is 9.65. The summed E-state index contributed by atoms with van der Waals surface area (Å²) in [6.07, 6.45) is -0.342. The maximum Gasteiger partial charge on any atom is 0.530 e. The highest BCUT2D eigenvalue weighted by molar-refractivity contribution is 8.13. The van der Waals surface area contributed by atoms with Crippen molar-refractivity contribution in [3.8, 4) is 5.75 Å². The van der Waals surface area contributed by atoms with E-state index in [4.69, 9.17) is 13.6 Å². The Kier molecular flexibility index (Phi) is 14.1. The van der Waals surface area contributed by atoms with Gasteiger partial charge in [-0.3, -0.25) is 33.0 Å². The molecule has 15 heteroatoms. The summed E-state index contributed by atoms with van der Waals surface area (Å²) in [6, 6.07) is 8.28. The molecule has 0 aromatic heterocycles. The molecule has 0 aliphatic carbocycles. The summed E-state index contributed by atoms with van der Waals surface area (Å²) in [4.78, 5) is 71.6. The van der Waals surface area contributed by atoms with Gasteiger partial charge in [0.1, 0.15) is 11.5 Å². The molecule has 0 saturated carbocycles. The van der Waals surface area contributed by atoms with Crippen molar-refractivity contribution in [2.75, 3.05) is 32.1 Å². The number of phosphoric acid groups is 1. The molecule has 1 aliphatic rings. The average Bonchev–Trinajstić information content (AvgIpc) is 2.92. The number of hydrogen-bond acceptors (Lipinski definition) is 12. The highest BCUT2D eigenvalue weighted by Gasteiger charge is 2.49. The molecular formula is C27H35N2O11PS. The van der Waals surface area contributed by atoms with Crippen LogP contribution in [0.25, 0.3) is 0 Å². The molecule has 1 saturated heterocycles. The van der Waals surface area contributed by atoms with Crippen LogP contribution in [0.5, 0.6) is 5.75 Å². The van der Waals surface area contributed by atoms with E-state index in [-0.39, 0.29) is 50.1 Å². The van der Waals surface area contributed by atoms with Gasteiger partial charge in [-0.15, -0.1) is 0 Å². The van der Waals surface area contributed by atoms with Gasteiger partial charge >= 0.3 is 13.8 Å². The van der Waals surface area contributed by atoms with Crippen molar-refractivity contribution in [3.05, 3.63) is 42.5 Å². The molecular weight excluding hydrogens is 591 g/mol. The zero-order chi connectivity index (χ0) is 31.2. The highest BCUT2D eigenvalue weighted by Crippen LogP contribution is 2.56. The smallest absolute Gasteiger partial charge is 0.463 e. The standard InChI is InChI=1S/C27H35N2O11PS/c1-4-37-23(33)11-10-19(30)16-20(31)17-24(34)42-15-14-28-22(32)12-13-29-26(35)25-27(2,3)18-38-41(36,40-25)39-21-8-6-5-7-9-21/h5-11,25H,4,12-18H2,1-3H3,(H,28,32)(H,29,35)/b11-10+/t25-,41?/m0/s1. The van der Waals surface area contributed by atoms with Crippen LogP contribution >= 0.6 is 19.6 Å². The first kappa shape index (κ1) is 34.9. The molecule has 0 bridgehead atoms. The number of amides is 2. The molecule has 0 radical (unpaired) electrons. The fourth-order valence-corrected chi connectivity index (χ4v) is 5.76. The van der Waals surface area contributed by atoms with E-state index >= 15 is 0 Å². The number of hydrogen-bond donors (Lipinski definition) is 2. The number of rotatable bonds is 16. The molecule has 2 rings (SSSR count). The van der Waals surface area contributed by atoms with Gasteiger partial charge < -0.3 is 19.9 Å². The Morgan fingerprint density at radius 3 is 2.45 bits per heavy atom. The number of ketones is 2. The van der Waals surface area contributed by atoms with Gasteiger partial charge in [-0.1, -0.05) is 43.8 Å². The summed E-state index contributed by atoms with van der Waals surface area (Å²) in [5.41, 5.74) is -0.821. The van der Waals surface area contributed by atoms with Gasteiger partial charge in [-0.25, -0.2) is 9.36 Å².